The van der Waals surface area contributed by atoms with Gasteiger partial charge in [-0.05, 0) is 34.1 Å². The van der Waals surface area contributed by atoms with Gasteiger partial charge in [-0.25, -0.2) is 0 Å². The number of hydrogen-bond donors (Lipinski definition) is 3. The SMILES string of the molecule is OB(O)c1sc2ccc(S)cc2c1Br. The van der Waals surface area contributed by atoms with Gasteiger partial charge in [-0.1, -0.05) is 0 Å². The quantitative estimate of drug-likeness (QED) is 0.551. The zero-order valence-corrected chi connectivity index (χ0v) is 10.2. The van der Waals surface area contributed by atoms with Crippen LogP contribution in [0.5, 0.6) is 0 Å². The lowest BCUT2D eigenvalue weighted by Crippen LogP contribution is -2.27. The standard InChI is InChI=1S/C8H6BBrO2S2/c10-7-5-3-4(13)1-2-6(5)14-8(7)9(11)12/h1-3,11-13H. The first kappa shape index (κ1) is 10.5. The van der Waals surface area contributed by atoms with Crippen LogP contribution in [-0.2, 0) is 0 Å². The molecule has 1 aromatic heterocycles. The highest BCUT2D eigenvalue weighted by Crippen LogP contribution is 2.30. The van der Waals surface area contributed by atoms with Crippen LogP contribution in [0.2, 0.25) is 0 Å². The molecule has 0 bridgehead atoms. The maximum absolute atomic E-state index is 9.09. The molecule has 2 aromatic rings. The lowest BCUT2D eigenvalue weighted by atomic mass is 9.89. The summed E-state index contributed by atoms with van der Waals surface area (Å²) in [4.78, 5) is 0.856. The number of thiol groups is 1. The minimum Gasteiger partial charge on any atom is -0.423 e. The second-order valence-electron chi connectivity index (χ2n) is 2.83. The normalized spacial score (nSPS) is 10.9. The summed E-state index contributed by atoms with van der Waals surface area (Å²) >= 11 is 8.93. The van der Waals surface area contributed by atoms with E-state index in [1.807, 2.05) is 18.2 Å². The van der Waals surface area contributed by atoms with Crippen molar-refractivity contribution in [2.75, 3.05) is 0 Å². The molecule has 14 heavy (non-hydrogen) atoms. The summed E-state index contributed by atoms with van der Waals surface area (Å²) in [5.41, 5.74) is 0. The van der Waals surface area contributed by atoms with Gasteiger partial charge < -0.3 is 10.0 Å². The van der Waals surface area contributed by atoms with Crippen LogP contribution in [0, 0.1) is 0 Å². The molecule has 0 saturated carbocycles. The first-order chi connectivity index (χ1) is 6.59. The van der Waals surface area contributed by atoms with Gasteiger partial charge in [-0.3, -0.25) is 0 Å². The first-order valence-electron chi connectivity index (χ1n) is 3.86. The van der Waals surface area contributed by atoms with Gasteiger partial charge >= 0.3 is 7.12 Å². The second-order valence-corrected chi connectivity index (χ2v) is 5.23. The van der Waals surface area contributed by atoms with Gasteiger partial charge in [-0.2, -0.15) is 0 Å². The summed E-state index contributed by atoms with van der Waals surface area (Å²) < 4.78 is 2.28. The molecule has 0 aliphatic heterocycles. The fourth-order valence-electron chi connectivity index (χ4n) is 1.24. The monoisotopic (exact) mass is 288 g/mol. The fourth-order valence-corrected chi connectivity index (χ4v) is 3.30. The minimum atomic E-state index is -1.43. The molecule has 2 rings (SSSR count). The molecular formula is C8H6BBrO2S2. The van der Waals surface area contributed by atoms with E-state index in [1.165, 1.54) is 11.3 Å². The van der Waals surface area contributed by atoms with Crippen LogP contribution in [0.25, 0.3) is 10.1 Å². The number of thiophene rings is 1. The summed E-state index contributed by atoms with van der Waals surface area (Å²) in [5.74, 6) is 0. The van der Waals surface area contributed by atoms with Gasteiger partial charge in [0.25, 0.3) is 0 Å². The predicted octanol–water partition coefficient (Wildman–Crippen LogP) is 1.63. The highest BCUT2D eigenvalue weighted by Gasteiger charge is 2.20. The van der Waals surface area contributed by atoms with E-state index < -0.39 is 7.12 Å². The Morgan fingerprint density at radius 2 is 2.07 bits per heavy atom. The van der Waals surface area contributed by atoms with Gasteiger partial charge in [0.15, 0.2) is 0 Å². The van der Waals surface area contributed by atoms with Gasteiger partial charge in [0.2, 0.25) is 0 Å². The van der Waals surface area contributed by atoms with E-state index in [2.05, 4.69) is 28.6 Å². The number of fused-ring (bicyclic) bond motifs is 1. The van der Waals surface area contributed by atoms with Crippen LogP contribution in [0.1, 0.15) is 0 Å². The van der Waals surface area contributed by atoms with E-state index in [0.29, 0.717) is 4.78 Å². The van der Waals surface area contributed by atoms with Crippen molar-refractivity contribution in [2.24, 2.45) is 0 Å². The van der Waals surface area contributed by atoms with Crippen molar-refractivity contribution in [3.8, 4) is 0 Å². The Hall–Kier alpha value is -0.00506. The maximum Gasteiger partial charge on any atom is 0.500 e. The van der Waals surface area contributed by atoms with Crippen molar-refractivity contribution < 1.29 is 10.0 Å². The van der Waals surface area contributed by atoms with E-state index in [-0.39, 0.29) is 0 Å². The van der Waals surface area contributed by atoms with Crippen LogP contribution < -0.4 is 4.78 Å². The molecule has 0 saturated heterocycles. The smallest absolute Gasteiger partial charge is 0.423 e. The zero-order valence-electron chi connectivity index (χ0n) is 6.94. The maximum atomic E-state index is 9.09. The molecule has 0 amide bonds. The molecule has 0 aliphatic carbocycles. The van der Waals surface area contributed by atoms with Crippen LogP contribution in [0.4, 0.5) is 0 Å². The van der Waals surface area contributed by atoms with Crippen molar-refractivity contribution in [1.82, 2.24) is 0 Å². The van der Waals surface area contributed by atoms with E-state index >= 15 is 0 Å². The van der Waals surface area contributed by atoms with Crippen molar-refractivity contribution in [3.05, 3.63) is 22.7 Å². The van der Waals surface area contributed by atoms with Crippen LogP contribution >= 0.6 is 39.9 Å². The molecule has 1 aromatic carbocycles. The Morgan fingerprint density at radius 1 is 1.36 bits per heavy atom. The average molecular weight is 289 g/mol. The van der Waals surface area contributed by atoms with Gasteiger partial charge in [0.1, 0.15) is 0 Å². The number of halogens is 1. The zero-order chi connectivity index (χ0) is 10.3. The molecule has 0 fully saturated rings. The average Bonchev–Trinajstić information content (AvgIpc) is 2.44. The molecule has 2 N–H and O–H groups in total. The topological polar surface area (TPSA) is 40.5 Å². The Labute approximate surface area is 99.3 Å². The predicted molar refractivity (Wildman–Crippen MR) is 66.6 cm³/mol. The molecule has 0 radical (unpaired) electrons. The van der Waals surface area contributed by atoms with Gasteiger partial charge in [0.05, 0.1) is 4.78 Å². The molecular weight excluding hydrogens is 283 g/mol. The molecule has 0 unspecified atom stereocenters. The van der Waals surface area contributed by atoms with E-state index in [0.717, 1.165) is 19.5 Å². The number of benzene rings is 1. The summed E-state index contributed by atoms with van der Waals surface area (Å²) in [6, 6.07) is 5.69. The van der Waals surface area contributed by atoms with Crippen molar-refractivity contribution in [1.29, 1.82) is 0 Å². The summed E-state index contributed by atoms with van der Waals surface area (Å²) in [5, 5.41) is 19.1. The second kappa shape index (κ2) is 3.86. The summed E-state index contributed by atoms with van der Waals surface area (Å²) in [6.07, 6.45) is 0. The first-order valence-corrected chi connectivity index (χ1v) is 5.92. The Morgan fingerprint density at radius 3 is 2.71 bits per heavy atom. The summed E-state index contributed by atoms with van der Waals surface area (Å²) in [6.45, 7) is 0. The number of hydrogen-bond acceptors (Lipinski definition) is 4. The fraction of sp³-hybridized carbons (Fsp3) is 0. The van der Waals surface area contributed by atoms with E-state index in [9.17, 15) is 0 Å². The third kappa shape index (κ3) is 1.72. The van der Waals surface area contributed by atoms with Crippen molar-refractivity contribution in [2.45, 2.75) is 4.90 Å². The van der Waals surface area contributed by atoms with Crippen LogP contribution in [-0.4, -0.2) is 17.2 Å². The van der Waals surface area contributed by atoms with E-state index in [4.69, 9.17) is 10.0 Å². The third-order valence-corrected chi connectivity index (χ3v) is 4.48. The van der Waals surface area contributed by atoms with E-state index in [1.54, 1.807) is 0 Å². The lowest BCUT2D eigenvalue weighted by Gasteiger charge is -1.94. The van der Waals surface area contributed by atoms with Crippen LogP contribution in [0.3, 0.4) is 0 Å². The van der Waals surface area contributed by atoms with Crippen molar-refractivity contribution >= 4 is 61.9 Å². The molecule has 6 heteroatoms. The highest BCUT2D eigenvalue weighted by molar-refractivity contribution is 9.11. The molecule has 0 spiro atoms. The minimum absolute atomic E-state index is 0.527. The molecule has 0 atom stereocenters. The van der Waals surface area contributed by atoms with Gasteiger partial charge in [0, 0.05) is 19.5 Å². The Kier molecular flexibility index (Phi) is 2.90. The third-order valence-electron chi connectivity index (χ3n) is 1.87. The lowest BCUT2D eigenvalue weighted by molar-refractivity contribution is 0.426. The highest BCUT2D eigenvalue weighted by atomic mass is 79.9. The molecule has 1 heterocycles. The molecule has 2 nitrogen and oxygen atoms in total. The van der Waals surface area contributed by atoms with Gasteiger partial charge in [-0.15, -0.1) is 24.0 Å². The number of rotatable bonds is 1. The molecule has 0 aliphatic rings. The Balaban J connectivity index is 2.74. The summed E-state index contributed by atoms with van der Waals surface area (Å²) in [7, 11) is -1.43. The Bertz CT molecular complexity index is 483. The van der Waals surface area contributed by atoms with Crippen LogP contribution in [0.15, 0.2) is 27.6 Å². The van der Waals surface area contributed by atoms with Crippen molar-refractivity contribution in [3.63, 3.8) is 0 Å². The largest absolute Gasteiger partial charge is 0.500 e. The molecule has 72 valence electrons.